The lowest BCUT2D eigenvalue weighted by molar-refractivity contribution is 0.0869. The highest BCUT2D eigenvalue weighted by molar-refractivity contribution is 5.93. The van der Waals surface area contributed by atoms with Crippen molar-refractivity contribution in [3.05, 3.63) is 48.4 Å². The Morgan fingerprint density at radius 3 is 2.73 bits per heavy atom. The maximum absolute atomic E-state index is 5.80. The maximum atomic E-state index is 5.80. The number of fused-ring (bicyclic) bond motifs is 1. The minimum Gasteiger partial charge on any atom is -0.346 e. The van der Waals surface area contributed by atoms with Crippen LogP contribution in [-0.2, 0) is 0 Å². The van der Waals surface area contributed by atoms with Crippen LogP contribution >= 0.6 is 0 Å². The molecule has 2 fully saturated rings. The number of nitrogens with zero attached hydrogens (tertiary/aromatic N) is 3. The van der Waals surface area contributed by atoms with Gasteiger partial charge in [-0.25, -0.2) is 10.8 Å². The Labute approximate surface area is 155 Å². The minimum atomic E-state index is 0.625. The van der Waals surface area contributed by atoms with E-state index >= 15 is 0 Å². The fourth-order valence-electron chi connectivity index (χ4n) is 4.41. The molecule has 2 aromatic rings. The summed E-state index contributed by atoms with van der Waals surface area (Å²) in [7, 11) is 1.82. The zero-order valence-corrected chi connectivity index (χ0v) is 15.6. The zero-order chi connectivity index (χ0) is 18.1. The van der Waals surface area contributed by atoms with Gasteiger partial charge in [0.05, 0.1) is 0 Å². The normalized spacial score (nSPS) is 24.5. The molecule has 1 aliphatic heterocycles. The van der Waals surface area contributed by atoms with Gasteiger partial charge in [-0.1, -0.05) is 12.7 Å². The third-order valence-corrected chi connectivity index (χ3v) is 6.00. The fourth-order valence-corrected chi connectivity index (χ4v) is 4.41. The predicted molar refractivity (Wildman–Crippen MR) is 107 cm³/mol. The summed E-state index contributed by atoms with van der Waals surface area (Å²) in [5.74, 6) is 6.42. The molecule has 0 radical (unpaired) electrons. The number of aromatic nitrogens is 2. The molecule has 3 N–H and O–H groups in total. The number of H-pyrrole nitrogens is 1. The van der Waals surface area contributed by atoms with Crippen LogP contribution in [0.3, 0.4) is 0 Å². The molecule has 3 heterocycles. The fraction of sp³-hybridized carbons (Fsp3) is 0.476. The second-order valence-electron chi connectivity index (χ2n) is 7.72. The lowest BCUT2D eigenvalue weighted by Crippen LogP contribution is -2.46. The number of allylic oxidation sites excluding steroid dienone is 2. The second-order valence-corrected chi connectivity index (χ2v) is 7.72. The first-order chi connectivity index (χ1) is 12.7. The summed E-state index contributed by atoms with van der Waals surface area (Å²) in [4.78, 5) is 10.6. The van der Waals surface area contributed by atoms with E-state index in [4.69, 9.17) is 5.84 Å². The molecule has 0 unspecified atom stereocenters. The van der Waals surface area contributed by atoms with Gasteiger partial charge in [-0.3, -0.25) is 0 Å². The molecule has 0 bridgehead atoms. The van der Waals surface area contributed by atoms with Gasteiger partial charge >= 0.3 is 0 Å². The first kappa shape index (κ1) is 17.3. The average molecular weight is 351 g/mol. The van der Waals surface area contributed by atoms with Gasteiger partial charge in [-0.2, -0.15) is 0 Å². The van der Waals surface area contributed by atoms with E-state index in [1.807, 2.05) is 25.5 Å². The Morgan fingerprint density at radius 2 is 2.12 bits per heavy atom. The molecule has 2 aromatic heterocycles. The molecule has 0 spiro atoms. The number of hydrogen-bond acceptors (Lipinski definition) is 4. The Kier molecular flexibility index (Phi) is 4.83. The van der Waals surface area contributed by atoms with E-state index < -0.39 is 0 Å². The number of hydrogen-bond donors (Lipinski definition) is 2. The van der Waals surface area contributed by atoms with E-state index in [-0.39, 0.29) is 0 Å². The highest BCUT2D eigenvalue weighted by Crippen LogP contribution is 2.37. The molecule has 5 heteroatoms. The molecule has 1 saturated carbocycles. The van der Waals surface area contributed by atoms with Crippen LogP contribution in [0.4, 0.5) is 0 Å². The van der Waals surface area contributed by atoms with Crippen LogP contribution in [0.5, 0.6) is 0 Å². The number of nitrogens with one attached hydrogen (secondary N) is 1. The molecular formula is C21H29N5. The van der Waals surface area contributed by atoms with Crippen molar-refractivity contribution < 1.29 is 0 Å². The predicted octanol–water partition coefficient (Wildman–Crippen LogP) is 3.63. The van der Waals surface area contributed by atoms with Crippen molar-refractivity contribution in [2.45, 2.75) is 44.1 Å². The van der Waals surface area contributed by atoms with Crippen molar-refractivity contribution in [1.29, 1.82) is 0 Å². The topological polar surface area (TPSA) is 61.2 Å². The van der Waals surface area contributed by atoms with E-state index in [1.54, 1.807) is 5.01 Å². The van der Waals surface area contributed by atoms with Crippen molar-refractivity contribution in [3.63, 3.8) is 0 Å². The third kappa shape index (κ3) is 3.29. The first-order valence-corrected chi connectivity index (χ1v) is 9.69. The lowest BCUT2D eigenvalue weighted by atomic mass is 9.81. The number of nitrogens with two attached hydrogens (primary N) is 1. The largest absolute Gasteiger partial charge is 0.346 e. The minimum absolute atomic E-state index is 0.625. The summed E-state index contributed by atoms with van der Waals surface area (Å²) in [6.07, 6.45) is 14.3. The summed E-state index contributed by atoms with van der Waals surface area (Å²) in [6.45, 7) is 6.55. The highest BCUT2D eigenvalue weighted by atomic mass is 15.4. The van der Waals surface area contributed by atoms with Crippen molar-refractivity contribution in [2.75, 3.05) is 20.1 Å². The van der Waals surface area contributed by atoms with Crippen LogP contribution in [-0.4, -0.2) is 46.1 Å². The van der Waals surface area contributed by atoms with Crippen molar-refractivity contribution in [1.82, 2.24) is 19.9 Å². The standard InChI is InChI=1S/C21H29N5/c1-3-15(14-25(2)22)20-13-24-21-19(20)11-17(12-23-21)16-5-7-18(8-6-16)26-9-4-10-26/h3,11-14,16,18H,1,4-10,22H2,2H3,(H,23,24)/b15-14+. The highest BCUT2D eigenvalue weighted by Gasteiger charge is 2.29. The van der Waals surface area contributed by atoms with Gasteiger partial charge in [0.25, 0.3) is 0 Å². The van der Waals surface area contributed by atoms with E-state index in [9.17, 15) is 0 Å². The molecule has 138 valence electrons. The summed E-state index contributed by atoms with van der Waals surface area (Å²) in [5, 5.41) is 2.71. The van der Waals surface area contributed by atoms with E-state index in [0.717, 1.165) is 28.2 Å². The molecule has 5 nitrogen and oxygen atoms in total. The molecule has 0 amide bonds. The van der Waals surface area contributed by atoms with Crippen LogP contribution < -0.4 is 5.84 Å². The molecule has 0 atom stereocenters. The van der Waals surface area contributed by atoms with E-state index in [1.165, 1.54) is 50.8 Å². The third-order valence-electron chi connectivity index (χ3n) is 6.00. The van der Waals surface area contributed by atoms with Gasteiger partial charge in [0.1, 0.15) is 5.65 Å². The summed E-state index contributed by atoms with van der Waals surface area (Å²) < 4.78 is 0. The first-order valence-electron chi connectivity index (χ1n) is 9.69. The Balaban J connectivity index is 1.57. The van der Waals surface area contributed by atoms with Crippen LogP contribution in [0, 0.1) is 0 Å². The van der Waals surface area contributed by atoms with Crippen LogP contribution in [0.25, 0.3) is 16.6 Å². The summed E-state index contributed by atoms with van der Waals surface area (Å²) in [6, 6.07) is 3.13. The lowest BCUT2D eigenvalue weighted by Gasteiger charge is -2.42. The van der Waals surface area contributed by atoms with Gasteiger partial charge in [0.2, 0.25) is 0 Å². The molecule has 0 aromatic carbocycles. The van der Waals surface area contributed by atoms with E-state index in [0.29, 0.717) is 5.92 Å². The number of aromatic amines is 1. The Hall–Kier alpha value is -2.11. The summed E-state index contributed by atoms with van der Waals surface area (Å²) >= 11 is 0. The summed E-state index contributed by atoms with van der Waals surface area (Å²) in [5.41, 5.74) is 4.40. The Bertz CT molecular complexity index is 807. The molecule has 2 aliphatic rings. The van der Waals surface area contributed by atoms with Crippen LogP contribution in [0.15, 0.2) is 37.3 Å². The zero-order valence-electron chi connectivity index (χ0n) is 15.6. The molecular weight excluding hydrogens is 322 g/mol. The smallest absolute Gasteiger partial charge is 0.137 e. The second kappa shape index (κ2) is 7.25. The number of rotatable bonds is 5. The SMILES string of the molecule is C=C/C(=C\N(C)N)c1c[nH]c2ncc(C3CCC(N4CCC4)CC3)cc12. The van der Waals surface area contributed by atoms with Gasteiger partial charge < -0.3 is 14.9 Å². The van der Waals surface area contributed by atoms with Gasteiger partial charge in [-0.05, 0) is 62.7 Å². The van der Waals surface area contributed by atoms with Gasteiger partial charge in [-0.15, -0.1) is 0 Å². The maximum Gasteiger partial charge on any atom is 0.137 e. The number of pyridine rings is 1. The van der Waals surface area contributed by atoms with Gasteiger partial charge in [0, 0.05) is 48.2 Å². The average Bonchev–Trinajstić information content (AvgIpc) is 3.02. The number of hydrazine groups is 1. The monoisotopic (exact) mass is 351 g/mol. The van der Waals surface area contributed by atoms with Crippen molar-refractivity contribution >= 4 is 16.6 Å². The van der Waals surface area contributed by atoms with Crippen LogP contribution in [0.2, 0.25) is 0 Å². The van der Waals surface area contributed by atoms with Gasteiger partial charge in [0.15, 0.2) is 0 Å². The molecule has 4 rings (SSSR count). The van der Waals surface area contributed by atoms with E-state index in [2.05, 4.69) is 33.7 Å². The number of likely N-dealkylation sites (tertiary alicyclic amines) is 1. The quantitative estimate of drug-likeness (QED) is 0.491. The molecule has 26 heavy (non-hydrogen) atoms. The molecule has 1 saturated heterocycles. The molecule has 1 aliphatic carbocycles. The van der Waals surface area contributed by atoms with Crippen LogP contribution in [0.1, 0.15) is 49.1 Å². The van der Waals surface area contributed by atoms with Crippen molar-refractivity contribution in [3.8, 4) is 0 Å². The van der Waals surface area contributed by atoms with Crippen molar-refractivity contribution in [2.24, 2.45) is 5.84 Å². The Morgan fingerprint density at radius 1 is 1.35 bits per heavy atom.